The number of fused-ring (bicyclic) bond motifs is 1. The molecule has 1 heterocycles. The number of aromatic nitrogens is 1. The molecule has 0 bridgehead atoms. The molecule has 4 rings (SSSR count). The Hall–Kier alpha value is -3.78. The van der Waals surface area contributed by atoms with Crippen molar-refractivity contribution in [2.45, 2.75) is 26.8 Å². The smallest absolute Gasteiger partial charge is 0.319 e. The predicted octanol–water partition coefficient (Wildman–Crippen LogP) is 7.31. The first-order chi connectivity index (χ1) is 17.3. The van der Waals surface area contributed by atoms with E-state index in [1.54, 1.807) is 20.4 Å². The summed E-state index contributed by atoms with van der Waals surface area (Å²) < 4.78 is 18.1. The van der Waals surface area contributed by atoms with E-state index in [1.807, 2.05) is 75.4 Å². The molecule has 186 valence electrons. The number of carbonyl (C=O) groups excluding carboxylic acids is 1. The van der Waals surface area contributed by atoms with Crippen molar-refractivity contribution in [2.75, 3.05) is 19.5 Å². The normalized spacial score (nSPS) is 11.6. The Labute approximate surface area is 218 Å². The fraction of sp³-hybridized carbons (Fsp3) is 0.214. The number of methoxy groups -OCH3 is 2. The Morgan fingerprint density at radius 2 is 1.67 bits per heavy atom. The predicted molar refractivity (Wildman–Crippen MR) is 146 cm³/mol. The Bertz CT molecular complexity index is 1420. The molecule has 3 aromatic carbocycles. The summed E-state index contributed by atoms with van der Waals surface area (Å²) in [4.78, 5) is 17.1. The van der Waals surface area contributed by atoms with Crippen LogP contribution in [-0.4, -0.2) is 25.2 Å². The van der Waals surface area contributed by atoms with Gasteiger partial charge in [0.05, 0.1) is 25.8 Å². The fourth-order valence-electron chi connectivity index (χ4n) is 3.91. The van der Waals surface area contributed by atoms with Crippen LogP contribution in [0.15, 0.2) is 65.3 Å². The number of halogens is 1. The van der Waals surface area contributed by atoms with Crippen LogP contribution in [0.25, 0.3) is 10.9 Å². The van der Waals surface area contributed by atoms with Gasteiger partial charge in [-0.2, -0.15) is 0 Å². The molecule has 0 aliphatic rings. The lowest BCUT2D eigenvalue weighted by Gasteiger charge is -2.18. The second-order valence-corrected chi connectivity index (χ2v) is 9.29. The van der Waals surface area contributed by atoms with Gasteiger partial charge in [-0.25, -0.2) is 4.79 Å². The fourth-order valence-corrected chi connectivity index (χ4v) is 4.33. The molecular formula is C28H28BrN3O4. The minimum atomic E-state index is -0.278. The third kappa shape index (κ3) is 5.39. The maximum absolute atomic E-state index is 12.7. The molecular weight excluding hydrogens is 522 g/mol. The summed E-state index contributed by atoms with van der Waals surface area (Å²) in [6, 6.07) is 16.6. The maximum Gasteiger partial charge on any atom is 0.319 e. The molecule has 36 heavy (non-hydrogen) atoms. The number of hydrogen-bond donors (Lipinski definition) is 2. The van der Waals surface area contributed by atoms with Gasteiger partial charge in [0.15, 0.2) is 11.5 Å². The van der Waals surface area contributed by atoms with Gasteiger partial charge in [-0.1, -0.05) is 28.1 Å². The molecule has 7 nitrogen and oxygen atoms in total. The van der Waals surface area contributed by atoms with Crippen LogP contribution in [0, 0.1) is 13.8 Å². The van der Waals surface area contributed by atoms with Gasteiger partial charge in [0.2, 0.25) is 0 Å². The van der Waals surface area contributed by atoms with Crippen molar-refractivity contribution in [3.63, 3.8) is 0 Å². The van der Waals surface area contributed by atoms with Crippen LogP contribution in [0.3, 0.4) is 0 Å². The minimum Gasteiger partial charge on any atom is -0.493 e. The molecule has 0 saturated heterocycles. The van der Waals surface area contributed by atoms with Crippen LogP contribution in [0.5, 0.6) is 23.0 Å². The first kappa shape index (κ1) is 25.3. The van der Waals surface area contributed by atoms with Gasteiger partial charge in [0.1, 0.15) is 11.5 Å². The van der Waals surface area contributed by atoms with E-state index in [-0.39, 0.29) is 12.1 Å². The zero-order chi connectivity index (χ0) is 25.8. The van der Waals surface area contributed by atoms with E-state index < -0.39 is 0 Å². The average molecular weight is 550 g/mol. The second-order valence-electron chi connectivity index (χ2n) is 8.37. The molecule has 4 aromatic rings. The summed E-state index contributed by atoms with van der Waals surface area (Å²) in [5.41, 5.74) is 4.28. The van der Waals surface area contributed by atoms with Crippen LogP contribution in [0.2, 0.25) is 0 Å². The van der Waals surface area contributed by atoms with Crippen molar-refractivity contribution in [1.29, 1.82) is 0 Å². The zero-order valence-corrected chi connectivity index (χ0v) is 22.4. The monoisotopic (exact) mass is 549 g/mol. The van der Waals surface area contributed by atoms with Crippen molar-refractivity contribution in [2.24, 2.45) is 0 Å². The van der Waals surface area contributed by atoms with E-state index in [0.29, 0.717) is 28.7 Å². The quantitative estimate of drug-likeness (QED) is 0.252. The molecule has 2 amide bonds. The third-order valence-corrected chi connectivity index (χ3v) is 6.60. The number of anilines is 1. The van der Waals surface area contributed by atoms with Gasteiger partial charge < -0.3 is 24.8 Å². The molecule has 0 saturated carbocycles. The number of ether oxygens (including phenoxy) is 3. The number of hydrogen-bond acceptors (Lipinski definition) is 5. The van der Waals surface area contributed by atoms with Gasteiger partial charge in [-0.15, -0.1) is 0 Å². The minimum absolute atomic E-state index is 0.151. The summed E-state index contributed by atoms with van der Waals surface area (Å²) in [5.74, 6) is 2.52. The number of urea groups is 1. The highest BCUT2D eigenvalue weighted by Crippen LogP contribution is 2.38. The topological polar surface area (TPSA) is 81.7 Å². The molecule has 1 unspecified atom stereocenters. The van der Waals surface area contributed by atoms with Gasteiger partial charge in [-0.05, 0) is 73.9 Å². The highest BCUT2D eigenvalue weighted by molar-refractivity contribution is 9.10. The Morgan fingerprint density at radius 1 is 0.917 bits per heavy atom. The van der Waals surface area contributed by atoms with Gasteiger partial charge in [-0.3, -0.25) is 4.98 Å². The molecule has 0 spiro atoms. The number of carbonyl (C=O) groups is 1. The van der Waals surface area contributed by atoms with E-state index in [1.165, 1.54) is 0 Å². The van der Waals surface area contributed by atoms with Gasteiger partial charge in [0.25, 0.3) is 0 Å². The van der Waals surface area contributed by atoms with Crippen molar-refractivity contribution >= 4 is 38.6 Å². The van der Waals surface area contributed by atoms with Crippen LogP contribution >= 0.6 is 15.9 Å². The molecule has 0 aliphatic heterocycles. The number of rotatable bonds is 7. The summed E-state index contributed by atoms with van der Waals surface area (Å²) in [6.07, 6.45) is 1.69. The molecule has 0 fully saturated rings. The number of nitrogens with zero attached hydrogens (tertiary/aromatic N) is 1. The number of nitrogens with one attached hydrogen (secondary N) is 2. The Kier molecular flexibility index (Phi) is 7.64. The summed E-state index contributed by atoms with van der Waals surface area (Å²) in [7, 11) is 3.18. The van der Waals surface area contributed by atoms with Crippen LogP contribution in [0.1, 0.15) is 29.7 Å². The lowest BCUT2D eigenvalue weighted by atomic mass is 10.1. The van der Waals surface area contributed by atoms with Crippen molar-refractivity contribution in [3.05, 3.63) is 82.0 Å². The van der Waals surface area contributed by atoms with Crippen LogP contribution < -0.4 is 24.8 Å². The molecule has 1 aromatic heterocycles. The van der Waals surface area contributed by atoms with Gasteiger partial charge in [0, 0.05) is 27.8 Å². The van der Waals surface area contributed by atoms with Crippen molar-refractivity contribution < 1.29 is 19.0 Å². The number of amides is 2. The summed E-state index contributed by atoms with van der Waals surface area (Å²) >= 11 is 3.47. The SMILES string of the molecule is COc1cc2nccc(Oc3ccc(NC(=O)NC(C)c4cccc(Br)c4)c(C)c3C)c2cc1OC. The van der Waals surface area contributed by atoms with E-state index in [2.05, 4.69) is 31.5 Å². The van der Waals surface area contributed by atoms with E-state index in [0.717, 1.165) is 32.1 Å². The average Bonchev–Trinajstić information content (AvgIpc) is 2.87. The first-order valence-corrected chi connectivity index (χ1v) is 12.2. The van der Waals surface area contributed by atoms with Crippen LogP contribution in [0.4, 0.5) is 10.5 Å². The third-order valence-electron chi connectivity index (χ3n) is 6.11. The van der Waals surface area contributed by atoms with E-state index in [9.17, 15) is 4.79 Å². The number of pyridine rings is 1. The lowest BCUT2D eigenvalue weighted by molar-refractivity contribution is 0.249. The van der Waals surface area contributed by atoms with Gasteiger partial charge >= 0.3 is 6.03 Å². The molecule has 8 heteroatoms. The highest BCUT2D eigenvalue weighted by atomic mass is 79.9. The van der Waals surface area contributed by atoms with E-state index >= 15 is 0 Å². The van der Waals surface area contributed by atoms with Crippen molar-refractivity contribution in [1.82, 2.24) is 10.3 Å². The lowest BCUT2D eigenvalue weighted by Crippen LogP contribution is -2.31. The molecule has 0 radical (unpaired) electrons. The number of benzene rings is 3. The van der Waals surface area contributed by atoms with Crippen molar-refractivity contribution in [3.8, 4) is 23.0 Å². The second kappa shape index (κ2) is 10.9. The molecule has 1 atom stereocenters. The first-order valence-electron chi connectivity index (χ1n) is 11.4. The molecule has 2 N–H and O–H groups in total. The highest BCUT2D eigenvalue weighted by Gasteiger charge is 2.15. The summed E-state index contributed by atoms with van der Waals surface area (Å²) in [6.45, 7) is 5.86. The largest absolute Gasteiger partial charge is 0.493 e. The standard InChI is InChI=1S/C28H28BrN3O4/c1-16-17(2)24(36-25-11-12-30-23-15-27(35-5)26(34-4)14-21(23)25)10-9-22(16)32-28(33)31-18(3)19-7-6-8-20(29)13-19/h6-15,18H,1-5H3,(H2,31,32,33). The van der Waals surface area contributed by atoms with E-state index in [4.69, 9.17) is 14.2 Å². The maximum atomic E-state index is 12.7. The zero-order valence-electron chi connectivity index (χ0n) is 20.8. The Morgan fingerprint density at radius 3 is 2.39 bits per heavy atom. The summed E-state index contributed by atoms with van der Waals surface area (Å²) in [5, 5.41) is 6.74. The Balaban J connectivity index is 1.53. The van der Waals surface area contributed by atoms with Crippen LogP contribution in [-0.2, 0) is 0 Å². The molecule has 0 aliphatic carbocycles.